The van der Waals surface area contributed by atoms with E-state index in [-0.39, 0.29) is 0 Å². The van der Waals surface area contributed by atoms with Gasteiger partial charge in [-0.3, -0.25) is 0 Å². The number of aryl methyl sites for hydroxylation is 1. The normalized spacial score (nSPS) is 23.6. The molecule has 2 unspecified atom stereocenters. The summed E-state index contributed by atoms with van der Waals surface area (Å²) in [6.45, 7) is -0.561. The van der Waals surface area contributed by atoms with Gasteiger partial charge in [0.2, 0.25) is 0 Å². The van der Waals surface area contributed by atoms with E-state index in [1.807, 2.05) is 12.1 Å². The molecule has 1 aliphatic rings. The number of hydrogen-bond acceptors (Lipinski definition) is 2. The molecular weight excluding hydrogens is 248 g/mol. The van der Waals surface area contributed by atoms with Gasteiger partial charge in [-0.2, -0.15) is 8.78 Å². The maximum Gasteiger partial charge on any atom is 0.387 e. The summed E-state index contributed by atoms with van der Waals surface area (Å²) in [5, 5.41) is 3.56. The number of ether oxygens (including phenoxy) is 1. The summed E-state index contributed by atoms with van der Waals surface area (Å²) in [6.07, 6.45) is 5.37. The highest BCUT2D eigenvalue weighted by atomic mass is 19.3. The standard InChI is InChI=1S/C15H21F2NO/c1-11-5-4-7-13(18-11)10-9-12-6-2-3-8-14(12)19-15(16)17/h2-3,6,8,11,13,15,18H,4-5,7,9-10H2,1H3. The van der Waals surface area contributed by atoms with Gasteiger partial charge in [0.25, 0.3) is 0 Å². The van der Waals surface area contributed by atoms with Crippen molar-refractivity contribution in [3.63, 3.8) is 0 Å². The minimum Gasteiger partial charge on any atom is -0.435 e. The molecule has 1 heterocycles. The highest BCUT2D eigenvalue weighted by molar-refractivity contribution is 5.33. The summed E-state index contributed by atoms with van der Waals surface area (Å²) in [5.41, 5.74) is 0.864. The molecule has 1 aromatic rings. The van der Waals surface area contributed by atoms with Gasteiger partial charge in [0.15, 0.2) is 0 Å². The van der Waals surface area contributed by atoms with E-state index >= 15 is 0 Å². The van der Waals surface area contributed by atoms with Gasteiger partial charge < -0.3 is 10.1 Å². The zero-order valence-corrected chi connectivity index (χ0v) is 11.2. The van der Waals surface area contributed by atoms with Gasteiger partial charge in [0, 0.05) is 12.1 Å². The molecule has 0 saturated carbocycles. The lowest BCUT2D eigenvalue weighted by molar-refractivity contribution is -0.0504. The van der Waals surface area contributed by atoms with Crippen LogP contribution in [-0.4, -0.2) is 18.7 Å². The van der Waals surface area contributed by atoms with Crippen LogP contribution in [0.1, 0.15) is 38.2 Å². The minimum absolute atomic E-state index is 0.307. The van der Waals surface area contributed by atoms with Crippen LogP contribution in [0.4, 0.5) is 8.78 Å². The molecule has 1 aliphatic heterocycles. The summed E-state index contributed by atoms with van der Waals surface area (Å²) in [7, 11) is 0. The number of nitrogens with one attached hydrogen (secondary N) is 1. The maximum absolute atomic E-state index is 12.3. The Morgan fingerprint density at radius 1 is 1.32 bits per heavy atom. The first-order valence-electron chi connectivity index (χ1n) is 6.94. The third-order valence-electron chi connectivity index (χ3n) is 3.66. The van der Waals surface area contributed by atoms with Crippen LogP contribution in [0.2, 0.25) is 0 Å². The molecule has 2 rings (SSSR count). The van der Waals surface area contributed by atoms with Crippen molar-refractivity contribution in [3.8, 4) is 5.75 Å². The lowest BCUT2D eigenvalue weighted by Crippen LogP contribution is -2.40. The maximum atomic E-state index is 12.3. The van der Waals surface area contributed by atoms with Crippen molar-refractivity contribution in [1.82, 2.24) is 5.32 Å². The molecule has 1 N–H and O–H groups in total. The highest BCUT2D eigenvalue weighted by Crippen LogP contribution is 2.23. The van der Waals surface area contributed by atoms with Gasteiger partial charge in [0.1, 0.15) is 5.75 Å². The van der Waals surface area contributed by atoms with Crippen LogP contribution in [0.25, 0.3) is 0 Å². The van der Waals surface area contributed by atoms with Crippen molar-refractivity contribution >= 4 is 0 Å². The first-order valence-corrected chi connectivity index (χ1v) is 6.94. The zero-order chi connectivity index (χ0) is 13.7. The fraction of sp³-hybridized carbons (Fsp3) is 0.600. The molecule has 1 aromatic carbocycles. The summed E-state index contributed by atoms with van der Waals surface area (Å²) in [5.74, 6) is 0.307. The second kappa shape index (κ2) is 6.85. The quantitative estimate of drug-likeness (QED) is 0.879. The largest absolute Gasteiger partial charge is 0.435 e. The Balaban J connectivity index is 1.91. The van der Waals surface area contributed by atoms with Crippen molar-refractivity contribution < 1.29 is 13.5 Å². The van der Waals surface area contributed by atoms with Gasteiger partial charge in [0.05, 0.1) is 0 Å². The summed E-state index contributed by atoms with van der Waals surface area (Å²) < 4.78 is 29.2. The Morgan fingerprint density at radius 3 is 2.84 bits per heavy atom. The van der Waals surface area contributed by atoms with Crippen molar-refractivity contribution in [2.45, 2.75) is 57.7 Å². The molecule has 1 saturated heterocycles. The molecule has 0 aromatic heterocycles. The Morgan fingerprint density at radius 2 is 2.11 bits per heavy atom. The number of para-hydroxylation sites is 1. The van der Waals surface area contributed by atoms with Crippen molar-refractivity contribution in [2.75, 3.05) is 0 Å². The number of alkyl halides is 2. The predicted molar refractivity (Wildman–Crippen MR) is 71.6 cm³/mol. The average Bonchev–Trinajstić information content (AvgIpc) is 2.37. The molecule has 2 nitrogen and oxygen atoms in total. The van der Waals surface area contributed by atoms with E-state index in [1.165, 1.54) is 19.3 Å². The van der Waals surface area contributed by atoms with E-state index in [1.54, 1.807) is 12.1 Å². The van der Waals surface area contributed by atoms with E-state index in [0.29, 0.717) is 17.8 Å². The van der Waals surface area contributed by atoms with Gasteiger partial charge in [-0.05, 0) is 44.2 Å². The molecule has 106 valence electrons. The van der Waals surface area contributed by atoms with Crippen LogP contribution in [-0.2, 0) is 6.42 Å². The molecule has 0 radical (unpaired) electrons. The first kappa shape index (κ1) is 14.3. The van der Waals surface area contributed by atoms with Gasteiger partial charge in [-0.1, -0.05) is 24.6 Å². The number of benzene rings is 1. The topological polar surface area (TPSA) is 21.3 Å². The van der Waals surface area contributed by atoms with Crippen LogP contribution in [0.5, 0.6) is 5.75 Å². The molecule has 2 atom stereocenters. The van der Waals surface area contributed by atoms with E-state index in [9.17, 15) is 8.78 Å². The SMILES string of the molecule is CC1CCCC(CCc2ccccc2OC(F)F)N1. The van der Waals surface area contributed by atoms with Gasteiger partial charge in [-0.25, -0.2) is 0 Å². The third-order valence-corrected chi connectivity index (χ3v) is 3.66. The second-order valence-electron chi connectivity index (χ2n) is 5.22. The third kappa shape index (κ3) is 4.46. The minimum atomic E-state index is -2.76. The fourth-order valence-electron chi connectivity index (χ4n) is 2.72. The van der Waals surface area contributed by atoms with Crippen LogP contribution >= 0.6 is 0 Å². The van der Waals surface area contributed by atoms with E-state index in [0.717, 1.165) is 18.4 Å². The molecule has 4 heteroatoms. The van der Waals surface area contributed by atoms with Crippen molar-refractivity contribution in [1.29, 1.82) is 0 Å². The first-order chi connectivity index (χ1) is 9.15. The summed E-state index contributed by atoms with van der Waals surface area (Å²) >= 11 is 0. The Kier molecular flexibility index (Phi) is 5.14. The van der Waals surface area contributed by atoms with Crippen molar-refractivity contribution in [3.05, 3.63) is 29.8 Å². The monoisotopic (exact) mass is 269 g/mol. The van der Waals surface area contributed by atoms with Crippen LogP contribution in [0, 0.1) is 0 Å². The Labute approximate surface area is 113 Å². The molecule has 1 fully saturated rings. The highest BCUT2D eigenvalue weighted by Gasteiger charge is 2.18. The molecule has 0 bridgehead atoms. The predicted octanol–water partition coefficient (Wildman–Crippen LogP) is 3.75. The summed E-state index contributed by atoms with van der Waals surface area (Å²) in [4.78, 5) is 0. The van der Waals surface area contributed by atoms with Crippen LogP contribution in [0.3, 0.4) is 0 Å². The average molecular weight is 269 g/mol. The molecular formula is C15H21F2NO. The number of halogens is 2. The van der Waals surface area contributed by atoms with Gasteiger partial charge >= 0.3 is 6.61 Å². The fourth-order valence-corrected chi connectivity index (χ4v) is 2.72. The molecule has 0 spiro atoms. The zero-order valence-electron chi connectivity index (χ0n) is 11.2. The lowest BCUT2D eigenvalue weighted by atomic mass is 9.94. The molecule has 19 heavy (non-hydrogen) atoms. The van der Waals surface area contributed by atoms with Crippen molar-refractivity contribution in [2.24, 2.45) is 0 Å². The number of hydrogen-bond donors (Lipinski definition) is 1. The second-order valence-corrected chi connectivity index (χ2v) is 5.22. The van der Waals surface area contributed by atoms with Crippen LogP contribution in [0.15, 0.2) is 24.3 Å². The number of rotatable bonds is 5. The van der Waals surface area contributed by atoms with E-state index in [2.05, 4.69) is 17.0 Å². The summed E-state index contributed by atoms with van der Waals surface area (Å²) in [6, 6.07) is 8.12. The van der Waals surface area contributed by atoms with Gasteiger partial charge in [-0.15, -0.1) is 0 Å². The smallest absolute Gasteiger partial charge is 0.387 e. The lowest BCUT2D eigenvalue weighted by Gasteiger charge is -2.29. The van der Waals surface area contributed by atoms with Crippen LogP contribution < -0.4 is 10.1 Å². The van der Waals surface area contributed by atoms with E-state index < -0.39 is 6.61 Å². The molecule has 0 amide bonds. The Bertz CT molecular complexity index is 397. The molecule has 0 aliphatic carbocycles. The Hall–Kier alpha value is -1.16. The number of piperidine rings is 1. The van der Waals surface area contributed by atoms with E-state index in [4.69, 9.17) is 0 Å².